The van der Waals surface area contributed by atoms with Crippen LogP contribution in [0.1, 0.15) is 42.5 Å². The number of phenolic OH excluding ortho intramolecular Hbond substituents is 1. The molecular formula is C16H20N2O3. The summed E-state index contributed by atoms with van der Waals surface area (Å²) in [6.45, 7) is 3.35. The van der Waals surface area contributed by atoms with E-state index < -0.39 is 0 Å². The van der Waals surface area contributed by atoms with E-state index in [0.717, 1.165) is 31.8 Å². The lowest BCUT2D eigenvalue weighted by molar-refractivity contribution is -0.111. The van der Waals surface area contributed by atoms with Crippen LogP contribution in [0.5, 0.6) is 5.75 Å². The van der Waals surface area contributed by atoms with Crippen LogP contribution in [0.25, 0.3) is 0 Å². The van der Waals surface area contributed by atoms with Crippen LogP contribution >= 0.6 is 0 Å². The van der Waals surface area contributed by atoms with Crippen molar-refractivity contribution in [1.82, 2.24) is 5.32 Å². The molecule has 1 aromatic rings. The average molecular weight is 288 g/mol. The molecule has 21 heavy (non-hydrogen) atoms. The maximum Gasteiger partial charge on any atom is 0.255 e. The number of carbonyl (C=O) groups excluding carboxylic acids is 2. The Morgan fingerprint density at radius 2 is 1.95 bits per heavy atom. The second-order valence-corrected chi connectivity index (χ2v) is 5.23. The minimum absolute atomic E-state index is 0.148. The summed E-state index contributed by atoms with van der Waals surface area (Å²) in [6, 6.07) is 4.63. The first-order chi connectivity index (χ1) is 10.1. The molecule has 1 aliphatic rings. The Morgan fingerprint density at radius 1 is 1.24 bits per heavy atom. The number of rotatable bonds is 4. The monoisotopic (exact) mass is 288 g/mol. The minimum atomic E-state index is -0.367. The summed E-state index contributed by atoms with van der Waals surface area (Å²) in [5.41, 5.74) is 0.642. The van der Waals surface area contributed by atoms with Gasteiger partial charge in [-0.25, -0.2) is 0 Å². The molecule has 3 N–H and O–H groups in total. The van der Waals surface area contributed by atoms with E-state index in [4.69, 9.17) is 0 Å². The van der Waals surface area contributed by atoms with Gasteiger partial charge in [0.15, 0.2) is 0 Å². The number of hydrogen-bond donors (Lipinski definition) is 3. The molecule has 0 aliphatic heterocycles. The summed E-state index contributed by atoms with van der Waals surface area (Å²) in [6.07, 6.45) is 6.59. The molecule has 0 atom stereocenters. The van der Waals surface area contributed by atoms with Gasteiger partial charge in [0, 0.05) is 17.8 Å². The van der Waals surface area contributed by atoms with Crippen molar-refractivity contribution in [3.63, 3.8) is 0 Å². The number of hydrogen-bond acceptors (Lipinski definition) is 3. The number of anilines is 1. The lowest BCUT2D eigenvalue weighted by atomic mass is 9.95. The van der Waals surface area contributed by atoms with Crippen molar-refractivity contribution in [2.75, 3.05) is 5.32 Å². The summed E-state index contributed by atoms with van der Waals surface area (Å²) in [5.74, 6) is -0.792. The Labute approximate surface area is 124 Å². The van der Waals surface area contributed by atoms with Crippen molar-refractivity contribution in [2.45, 2.75) is 38.1 Å². The third-order valence-electron chi connectivity index (χ3n) is 3.64. The smallest absolute Gasteiger partial charge is 0.255 e. The molecule has 0 spiro atoms. The number of benzene rings is 1. The van der Waals surface area contributed by atoms with Crippen LogP contribution in [0.15, 0.2) is 30.9 Å². The van der Waals surface area contributed by atoms with E-state index in [1.54, 1.807) is 6.07 Å². The Balaban J connectivity index is 2.03. The van der Waals surface area contributed by atoms with E-state index in [1.807, 2.05) is 0 Å². The van der Waals surface area contributed by atoms with Crippen LogP contribution < -0.4 is 10.6 Å². The number of carbonyl (C=O) groups is 2. The molecule has 2 amide bonds. The molecule has 2 rings (SSSR count). The molecule has 0 saturated heterocycles. The van der Waals surface area contributed by atoms with Gasteiger partial charge in [0.2, 0.25) is 5.91 Å². The van der Waals surface area contributed by atoms with E-state index >= 15 is 0 Å². The molecule has 0 unspecified atom stereocenters. The van der Waals surface area contributed by atoms with Gasteiger partial charge in [-0.2, -0.15) is 0 Å². The van der Waals surface area contributed by atoms with Gasteiger partial charge in [-0.1, -0.05) is 25.8 Å². The maximum absolute atomic E-state index is 12.1. The van der Waals surface area contributed by atoms with Gasteiger partial charge in [-0.05, 0) is 31.1 Å². The predicted molar refractivity (Wildman–Crippen MR) is 81.3 cm³/mol. The standard InChI is InChI=1S/C16H20N2O3/c1-2-15(20)17-12-8-9-13(14(19)10-12)16(21)18-11-6-4-3-5-7-11/h2,8-11,19H,1,3-7H2,(H,17,20)(H,18,21). The lowest BCUT2D eigenvalue weighted by Crippen LogP contribution is -2.36. The van der Waals surface area contributed by atoms with E-state index in [1.165, 1.54) is 18.6 Å². The first kappa shape index (κ1) is 15.1. The Bertz CT molecular complexity index is 548. The topological polar surface area (TPSA) is 78.4 Å². The summed E-state index contributed by atoms with van der Waals surface area (Å²) in [7, 11) is 0. The molecule has 1 aromatic carbocycles. The zero-order valence-electron chi connectivity index (χ0n) is 11.9. The Morgan fingerprint density at radius 3 is 2.57 bits per heavy atom. The Hall–Kier alpha value is -2.30. The zero-order chi connectivity index (χ0) is 15.2. The van der Waals surface area contributed by atoms with Crippen LogP contribution in [-0.4, -0.2) is 23.0 Å². The van der Waals surface area contributed by atoms with Gasteiger partial charge in [-0.15, -0.1) is 0 Å². The highest BCUT2D eigenvalue weighted by atomic mass is 16.3. The molecule has 0 bridgehead atoms. The van der Waals surface area contributed by atoms with Gasteiger partial charge in [0.25, 0.3) is 5.91 Å². The van der Waals surface area contributed by atoms with Crippen molar-refractivity contribution in [3.05, 3.63) is 36.4 Å². The van der Waals surface area contributed by atoms with Gasteiger partial charge in [0.1, 0.15) is 5.75 Å². The highest BCUT2D eigenvalue weighted by molar-refractivity contribution is 6.01. The normalized spacial score (nSPS) is 15.2. The second kappa shape index (κ2) is 6.92. The van der Waals surface area contributed by atoms with Crippen LogP contribution in [-0.2, 0) is 4.79 Å². The Kier molecular flexibility index (Phi) is 4.98. The van der Waals surface area contributed by atoms with Crippen molar-refractivity contribution in [2.24, 2.45) is 0 Å². The van der Waals surface area contributed by atoms with Crippen LogP contribution in [0, 0.1) is 0 Å². The van der Waals surface area contributed by atoms with Gasteiger partial charge in [0.05, 0.1) is 5.56 Å². The third-order valence-corrected chi connectivity index (χ3v) is 3.64. The quantitative estimate of drug-likeness (QED) is 0.745. The van der Waals surface area contributed by atoms with Crippen LogP contribution in [0.2, 0.25) is 0 Å². The second-order valence-electron chi connectivity index (χ2n) is 5.23. The fourth-order valence-corrected chi connectivity index (χ4v) is 2.50. The molecule has 5 heteroatoms. The molecule has 5 nitrogen and oxygen atoms in total. The molecule has 1 fully saturated rings. The van der Waals surface area contributed by atoms with E-state index in [2.05, 4.69) is 17.2 Å². The lowest BCUT2D eigenvalue weighted by Gasteiger charge is -2.23. The predicted octanol–water partition coefficient (Wildman–Crippen LogP) is 2.58. The van der Waals surface area contributed by atoms with Gasteiger partial charge >= 0.3 is 0 Å². The minimum Gasteiger partial charge on any atom is -0.507 e. The largest absolute Gasteiger partial charge is 0.507 e. The number of phenols is 1. The van der Waals surface area contributed by atoms with Crippen molar-refractivity contribution in [1.29, 1.82) is 0 Å². The fourth-order valence-electron chi connectivity index (χ4n) is 2.50. The van der Waals surface area contributed by atoms with Crippen molar-refractivity contribution < 1.29 is 14.7 Å². The summed E-state index contributed by atoms with van der Waals surface area (Å²) in [4.78, 5) is 23.3. The average Bonchev–Trinajstić information content (AvgIpc) is 2.48. The maximum atomic E-state index is 12.1. The van der Waals surface area contributed by atoms with E-state index in [9.17, 15) is 14.7 Å². The zero-order valence-corrected chi connectivity index (χ0v) is 11.9. The molecule has 0 aromatic heterocycles. The van der Waals surface area contributed by atoms with Crippen molar-refractivity contribution >= 4 is 17.5 Å². The molecular weight excluding hydrogens is 268 g/mol. The fraction of sp³-hybridized carbons (Fsp3) is 0.375. The first-order valence-corrected chi connectivity index (χ1v) is 7.17. The summed E-state index contributed by atoms with van der Waals surface area (Å²) >= 11 is 0. The highest BCUT2D eigenvalue weighted by Crippen LogP contribution is 2.23. The molecule has 1 saturated carbocycles. The van der Waals surface area contributed by atoms with Crippen molar-refractivity contribution in [3.8, 4) is 5.75 Å². The van der Waals surface area contributed by atoms with E-state index in [-0.39, 0.29) is 29.2 Å². The molecule has 0 radical (unpaired) electrons. The van der Waals surface area contributed by atoms with Gasteiger partial charge in [-0.3, -0.25) is 9.59 Å². The highest BCUT2D eigenvalue weighted by Gasteiger charge is 2.18. The van der Waals surface area contributed by atoms with E-state index in [0.29, 0.717) is 5.69 Å². The van der Waals surface area contributed by atoms with Gasteiger partial charge < -0.3 is 15.7 Å². The van der Waals surface area contributed by atoms with Crippen LogP contribution in [0.3, 0.4) is 0 Å². The summed E-state index contributed by atoms with van der Waals surface area (Å²) < 4.78 is 0. The number of aromatic hydroxyl groups is 1. The number of nitrogens with one attached hydrogen (secondary N) is 2. The number of amides is 2. The molecule has 0 heterocycles. The summed E-state index contributed by atoms with van der Waals surface area (Å²) in [5, 5.41) is 15.4. The third kappa shape index (κ3) is 4.08. The van der Waals surface area contributed by atoms with Crippen LogP contribution in [0.4, 0.5) is 5.69 Å². The SMILES string of the molecule is C=CC(=O)Nc1ccc(C(=O)NC2CCCCC2)c(O)c1. The molecule has 1 aliphatic carbocycles. The molecule has 112 valence electrons. The first-order valence-electron chi connectivity index (χ1n) is 7.17.